The molecule has 1 N–H and O–H groups in total. The summed E-state index contributed by atoms with van der Waals surface area (Å²) >= 11 is 0. The van der Waals surface area contributed by atoms with E-state index in [1.807, 2.05) is 6.92 Å². The molecule has 2 aromatic rings. The number of benzene rings is 2. The van der Waals surface area contributed by atoms with Crippen LogP contribution in [-0.2, 0) is 0 Å². The number of hydrogen-bond acceptors (Lipinski definition) is 2. The van der Waals surface area contributed by atoms with E-state index in [2.05, 4.69) is 34.8 Å². The van der Waals surface area contributed by atoms with E-state index in [0.717, 1.165) is 11.3 Å². The summed E-state index contributed by atoms with van der Waals surface area (Å²) in [6.07, 6.45) is 6.54. The highest BCUT2D eigenvalue weighted by atomic mass is 19.1. The highest BCUT2D eigenvalue weighted by Gasteiger charge is 2.15. The summed E-state index contributed by atoms with van der Waals surface area (Å²) < 4.78 is 13.2. The third-order valence-electron chi connectivity index (χ3n) is 4.82. The Morgan fingerprint density at radius 3 is 2.44 bits per heavy atom. The van der Waals surface area contributed by atoms with Crippen molar-refractivity contribution in [3.05, 3.63) is 71.0 Å². The van der Waals surface area contributed by atoms with Crippen molar-refractivity contribution in [1.82, 2.24) is 5.43 Å². The number of halogens is 1. The predicted molar refractivity (Wildman–Crippen MR) is 98.3 cm³/mol. The Labute approximate surface area is 148 Å². The minimum absolute atomic E-state index is 0.254. The van der Waals surface area contributed by atoms with Gasteiger partial charge in [0.25, 0.3) is 5.91 Å². The molecular formula is C21H23FN2O. The molecule has 130 valence electrons. The van der Waals surface area contributed by atoms with Gasteiger partial charge in [0.1, 0.15) is 5.82 Å². The summed E-state index contributed by atoms with van der Waals surface area (Å²) in [6.45, 7) is 1.85. The normalized spacial score (nSPS) is 15.8. The molecule has 0 atom stereocenters. The van der Waals surface area contributed by atoms with Crippen molar-refractivity contribution in [2.75, 3.05) is 0 Å². The molecule has 0 aromatic heterocycles. The lowest BCUT2D eigenvalue weighted by molar-refractivity contribution is 0.0954. The average molecular weight is 338 g/mol. The van der Waals surface area contributed by atoms with Gasteiger partial charge in [0.15, 0.2) is 0 Å². The van der Waals surface area contributed by atoms with Crippen LogP contribution in [0.2, 0.25) is 0 Å². The minimum Gasteiger partial charge on any atom is -0.267 e. The van der Waals surface area contributed by atoms with Crippen molar-refractivity contribution in [1.29, 1.82) is 0 Å². The van der Waals surface area contributed by atoms with Crippen LogP contribution in [-0.4, -0.2) is 11.6 Å². The molecular weight excluding hydrogens is 315 g/mol. The van der Waals surface area contributed by atoms with E-state index in [9.17, 15) is 9.18 Å². The Hall–Kier alpha value is -2.49. The number of rotatable bonds is 4. The van der Waals surface area contributed by atoms with Gasteiger partial charge in [-0.15, -0.1) is 0 Å². The third-order valence-corrected chi connectivity index (χ3v) is 4.82. The standard InChI is InChI=1S/C21H23FN2O/c1-15(23-24-21(25)19-8-5-9-20(22)14-19)16-10-12-18(13-11-16)17-6-3-2-4-7-17/h5,8-14,17H,2-4,6-7H2,1H3,(H,24,25)/b23-15+. The number of hydrazone groups is 1. The molecule has 0 spiro atoms. The van der Waals surface area contributed by atoms with Gasteiger partial charge in [-0.25, -0.2) is 9.82 Å². The second kappa shape index (κ2) is 8.06. The Bertz CT molecular complexity index is 762. The summed E-state index contributed by atoms with van der Waals surface area (Å²) in [7, 11) is 0. The topological polar surface area (TPSA) is 41.5 Å². The van der Waals surface area contributed by atoms with Gasteiger partial charge >= 0.3 is 0 Å². The third kappa shape index (κ3) is 4.53. The summed E-state index contributed by atoms with van der Waals surface area (Å²) in [5.74, 6) is -0.183. The molecule has 4 heteroatoms. The van der Waals surface area contributed by atoms with Gasteiger partial charge in [0.2, 0.25) is 0 Å². The van der Waals surface area contributed by atoms with Crippen LogP contribution in [0, 0.1) is 5.82 Å². The molecule has 0 unspecified atom stereocenters. The zero-order valence-corrected chi connectivity index (χ0v) is 14.5. The SMILES string of the molecule is C/C(=N\NC(=O)c1cccc(F)c1)c1ccc(C2CCCCC2)cc1. The maximum absolute atomic E-state index is 13.2. The maximum Gasteiger partial charge on any atom is 0.271 e. The fraction of sp³-hybridized carbons (Fsp3) is 0.333. The van der Waals surface area contributed by atoms with Crippen LogP contribution in [0.3, 0.4) is 0 Å². The molecule has 2 aromatic carbocycles. The van der Waals surface area contributed by atoms with Gasteiger partial charge < -0.3 is 0 Å². The number of carbonyl (C=O) groups excluding carboxylic acids is 1. The first kappa shape index (κ1) is 17.3. The molecule has 3 nitrogen and oxygen atoms in total. The molecule has 0 saturated heterocycles. The van der Waals surface area contributed by atoms with Crippen LogP contribution in [0.4, 0.5) is 4.39 Å². The first-order chi connectivity index (χ1) is 12.1. The first-order valence-corrected chi connectivity index (χ1v) is 8.84. The molecule has 1 fully saturated rings. The Morgan fingerprint density at radius 1 is 1.04 bits per heavy atom. The second-order valence-electron chi connectivity index (χ2n) is 6.61. The lowest BCUT2D eigenvalue weighted by Gasteiger charge is -2.22. The van der Waals surface area contributed by atoms with Crippen LogP contribution >= 0.6 is 0 Å². The van der Waals surface area contributed by atoms with Crippen molar-refractivity contribution in [2.45, 2.75) is 44.9 Å². The molecule has 3 rings (SSSR count). The van der Waals surface area contributed by atoms with Crippen molar-refractivity contribution in [3.8, 4) is 0 Å². The smallest absolute Gasteiger partial charge is 0.267 e. The van der Waals surface area contributed by atoms with E-state index in [0.29, 0.717) is 5.92 Å². The van der Waals surface area contributed by atoms with Crippen LogP contribution in [0.5, 0.6) is 0 Å². The van der Waals surface area contributed by atoms with E-state index in [-0.39, 0.29) is 5.56 Å². The van der Waals surface area contributed by atoms with Gasteiger partial charge in [-0.1, -0.05) is 49.6 Å². The van der Waals surface area contributed by atoms with E-state index >= 15 is 0 Å². The molecule has 1 saturated carbocycles. The van der Waals surface area contributed by atoms with Gasteiger partial charge in [-0.05, 0) is 55.0 Å². The van der Waals surface area contributed by atoms with E-state index in [1.54, 1.807) is 6.07 Å². The summed E-state index contributed by atoms with van der Waals surface area (Å²) in [4.78, 5) is 12.0. The maximum atomic E-state index is 13.2. The highest BCUT2D eigenvalue weighted by molar-refractivity contribution is 6.00. The molecule has 1 aliphatic carbocycles. The van der Waals surface area contributed by atoms with E-state index < -0.39 is 11.7 Å². The number of nitrogens with zero attached hydrogens (tertiary/aromatic N) is 1. The second-order valence-corrected chi connectivity index (χ2v) is 6.61. The van der Waals surface area contributed by atoms with Crippen molar-refractivity contribution in [2.24, 2.45) is 5.10 Å². The van der Waals surface area contributed by atoms with E-state index in [4.69, 9.17) is 0 Å². The Kier molecular flexibility index (Phi) is 5.59. The molecule has 1 aliphatic rings. The first-order valence-electron chi connectivity index (χ1n) is 8.84. The van der Waals surface area contributed by atoms with Crippen molar-refractivity contribution >= 4 is 11.6 Å². The van der Waals surface area contributed by atoms with Crippen LogP contribution in [0.15, 0.2) is 53.6 Å². The molecule has 0 heterocycles. The highest BCUT2D eigenvalue weighted by Crippen LogP contribution is 2.32. The average Bonchev–Trinajstić information content (AvgIpc) is 2.66. The predicted octanol–water partition coefficient (Wildman–Crippen LogP) is 5.03. The van der Waals surface area contributed by atoms with Gasteiger partial charge in [0, 0.05) is 5.56 Å². The summed E-state index contributed by atoms with van der Waals surface area (Å²) in [5.41, 5.74) is 5.82. The Balaban J connectivity index is 1.64. The fourth-order valence-electron chi connectivity index (χ4n) is 3.33. The fourth-order valence-corrected chi connectivity index (χ4v) is 3.33. The van der Waals surface area contributed by atoms with Gasteiger partial charge in [-0.3, -0.25) is 4.79 Å². The summed E-state index contributed by atoms with van der Waals surface area (Å²) in [5, 5.41) is 4.14. The zero-order chi connectivity index (χ0) is 17.6. The minimum atomic E-state index is -0.438. The number of carbonyl (C=O) groups is 1. The van der Waals surface area contributed by atoms with Crippen LogP contribution in [0.1, 0.15) is 66.4 Å². The zero-order valence-electron chi connectivity index (χ0n) is 14.5. The molecule has 1 amide bonds. The molecule has 0 bridgehead atoms. The van der Waals surface area contributed by atoms with Gasteiger partial charge in [0.05, 0.1) is 5.71 Å². The quantitative estimate of drug-likeness (QED) is 0.617. The van der Waals surface area contributed by atoms with Crippen LogP contribution in [0.25, 0.3) is 0 Å². The van der Waals surface area contributed by atoms with Crippen LogP contribution < -0.4 is 5.43 Å². The lowest BCUT2D eigenvalue weighted by Crippen LogP contribution is -2.19. The summed E-state index contributed by atoms with van der Waals surface area (Å²) in [6, 6.07) is 14.0. The van der Waals surface area contributed by atoms with Crippen molar-refractivity contribution < 1.29 is 9.18 Å². The number of hydrogen-bond donors (Lipinski definition) is 1. The lowest BCUT2D eigenvalue weighted by atomic mass is 9.84. The van der Waals surface area contributed by atoms with Gasteiger partial charge in [-0.2, -0.15) is 5.10 Å². The van der Waals surface area contributed by atoms with E-state index in [1.165, 1.54) is 55.9 Å². The Morgan fingerprint density at radius 2 is 1.76 bits per heavy atom. The molecule has 0 radical (unpaired) electrons. The van der Waals surface area contributed by atoms with Crippen molar-refractivity contribution in [3.63, 3.8) is 0 Å². The number of nitrogens with one attached hydrogen (secondary N) is 1. The number of amides is 1. The molecule has 25 heavy (non-hydrogen) atoms. The monoisotopic (exact) mass is 338 g/mol. The largest absolute Gasteiger partial charge is 0.271 e. The molecule has 0 aliphatic heterocycles.